The lowest BCUT2D eigenvalue weighted by molar-refractivity contribution is 0.427. The second kappa shape index (κ2) is 6.86. The molecule has 0 amide bonds. The van der Waals surface area contributed by atoms with E-state index in [1.165, 1.54) is 0 Å². The minimum absolute atomic E-state index is 0. The molecule has 4 nitrogen and oxygen atoms in total. The Bertz CT molecular complexity index is 490. The van der Waals surface area contributed by atoms with E-state index in [2.05, 4.69) is 10.4 Å². The van der Waals surface area contributed by atoms with Gasteiger partial charge in [-0.3, -0.25) is 4.68 Å². The summed E-state index contributed by atoms with van der Waals surface area (Å²) in [5.41, 5.74) is 1.81. The number of halogens is 2. The van der Waals surface area contributed by atoms with Crippen LogP contribution < -0.4 is 5.32 Å². The molecule has 0 saturated heterocycles. The first-order valence-electron chi connectivity index (χ1n) is 5.38. The van der Waals surface area contributed by atoms with Crippen molar-refractivity contribution in [2.75, 3.05) is 12.0 Å². The number of nitrogens with zero attached hydrogens (tertiary/aromatic N) is 2. The normalized spacial score (nSPS) is 9.83. The monoisotopic (exact) mass is 271 g/mol. The Morgan fingerprint density at radius 1 is 1.39 bits per heavy atom. The molecule has 0 aliphatic heterocycles. The lowest BCUT2D eigenvalue weighted by Gasteiger charge is -2.03. The van der Waals surface area contributed by atoms with Crippen molar-refractivity contribution in [1.29, 1.82) is 0 Å². The van der Waals surface area contributed by atoms with Crippen LogP contribution in [0.2, 0.25) is 0 Å². The largest absolute Gasteiger partial charge is 0.508 e. The number of hydrogen-bond donors (Lipinski definition) is 2. The molecule has 2 N–H and O–H groups in total. The van der Waals surface area contributed by atoms with Crippen molar-refractivity contribution in [1.82, 2.24) is 9.78 Å². The highest BCUT2D eigenvalue weighted by molar-refractivity contribution is 5.85. The summed E-state index contributed by atoms with van der Waals surface area (Å²) in [5, 5.41) is 16.4. The lowest BCUT2D eigenvalue weighted by Crippen LogP contribution is -2.00. The maximum atomic E-state index is 12.1. The molecule has 0 atom stereocenters. The van der Waals surface area contributed by atoms with Crippen LogP contribution in [0.25, 0.3) is 0 Å². The highest BCUT2D eigenvalue weighted by atomic mass is 35.5. The number of anilines is 1. The second-order valence-electron chi connectivity index (χ2n) is 3.70. The fourth-order valence-electron chi connectivity index (χ4n) is 1.53. The van der Waals surface area contributed by atoms with E-state index in [4.69, 9.17) is 0 Å². The predicted octanol–water partition coefficient (Wildman–Crippen LogP) is 2.59. The molecule has 0 aliphatic rings. The van der Waals surface area contributed by atoms with Gasteiger partial charge in [-0.25, -0.2) is 4.39 Å². The number of benzene rings is 1. The Labute approximate surface area is 111 Å². The minimum Gasteiger partial charge on any atom is -0.508 e. The van der Waals surface area contributed by atoms with Crippen molar-refractivity contribution < 1.29 is 9.50 Å². The Morgan fingerprint density at radius 3 is 2.94 bits per heavy atom. The first-order chi connectivity index (χ1) is 8.28. The third kappa shape index (κ3) is 3.92. The summed E-state index contributed by atoms with van der Waals surface area (Å²) >= 11 is 0. The van der Waals surface area contributed by atoms with Gasteiger partial charge in [0.15, 0.2) is 0 Å². The van der Waals surface area contributed by atoms with Crippen LogP contribution in [0.3, 0.4) is 0 Å². The first-order valence-corrected chi connectivity index (χ1v) is 5.38. The molecule has 1 aromatic heterocycles. The number of nitrogens with one attached hydrogen (secondary N) is 1. The van der Waals surface area contributed by atoms with Crippen molar-refractivity contribution in [3.63, 3.8) is 0 Å². The molecule has 0 spiro atoms. The molecule has 0 radical (unpaired) electrons. The number of rotatable bonds is 5. The van der Waals surface area contributed by atoms with Gasteiger partial charge >= 0.3 is 0 Å². The van der Waals surface area contributed by atoms with Gasteiger partial charge in [0.2, 0.25) is 0 Å². The summed E-state index contributed by atoms with van der Waals surface area (Å²) in [4.78, 5) is 0. The summed E-state index contributed by atoms with van der Waals surface area (Å²) in [5.74, 6) is 0.248. The topological polar surface area (TPSA) is 50.1 Å². The van der Waals surface area contributed by atoms with Gasteiger partial charge in [0.1, 0.15) is 12.4 Å². The van der Waals surface area contributed by atoms with E-state index in [9.17, 15) is 9.50 Å². The molecule has 0 saturated carbocycles. The van der Waals surface area contributed by atoms with E-state index in [1.807, 2.05) is 6.07 Å². The summed E-state index contributed by atoms with van der Waals surface area (Å²) in [6.07, 6.45) is 3.40. The summed E-state index contributed by atoms with van der Waals surface area (Å²) in [6, 6.07) is 7.03. The van der Waals surface area contributed by atoms with Crippen LogP contribution in [0, 0.1) is 0 Å². The van der Waals surface area contributed by atoms with Crippen molar-refractivity contribution in [3.05, 3.63) is 42.2 Å². The number of phenolic OH excluding ortho intramolecular Hbond substituents is 1. The molecule has 2 aromatic rings. The Kier molecular flexibility index (Phi) is 5.45. The van der Waals surface area contributed by atoms with Gasteiger partial charge < -0.3 is 10.4 Å². The molecule has 0 bridgehead atoms. The van der Waals surface area contributed by atoms with Gasteiger partial charge in [-0.1, -0.05) is 12.1 Å². The molecule has 0 fully saturated rings. The smallest absolute Gasteiger partial charge is 0.115 e. The van der Waals surface area contributed by atoms with E-state index in [-0.39, 0.29) is 24.7 Å². The first kappa shape index (κ1) is 14.3. The molecule has 6 heteroatoms. The number of phenols is 1. The van der Waals surface area contributed by atoms with Crippen molar-refractivity contribution in [2.45, 2.75) is 13.1 Å². The van der Waals surface area contributed by atoms with Crippen LogP contribution in [-0.2, 0) is 13.1 Å². The molecular formula is C12H15ClFN3O. The predicted molar refractivity (Wildman–Crippen MR) is 70.9 cm³/mol. The fourth-order valence-corrected chi connectivity index (χ4v) is 1.53. The highest BCUT2D eigenvalue weighted by Crippen LogP contribution is 2.13. The summed E-state index contributed by atoms with van der Waals surface area (Å²) < 4.78 is 13.6. The molecule has 1 aromatic carbocycles. The van der Waals surface area contributed by atoms with E-state index in [0.29, 0.717) is 6.54 Å². The molecule has 0 unspecified atom stereocenters. The number of aryl methyl sites for hydroxylation is 1. The molecule has 18 heavy (non-hydrogen) atoms. The number of aromatic nitrogens is 2. The average Bonchev–Trinajstić information content (AvgIpc) is 2.75. The molecular weight excluding hydrogens is 257 g/mol. The summed E-state index contributed by atoms with van der Waals surface area (Å²) in [7, 11) is 0. The van der Waals surface area contributed by atoms with E-state index in [0.717, 1.165) is 11.3 Å². The zero-order chi connectivity index (χ0) is 12.1. The van der Waals surface area contributed by atoms with Gasteiger partial charge in [0.05, 0.1) is 18.4 Å². The second-order valence-corrected chi connectivity index (χ2v) is 3.70. The lowest BCUT2D eigenvalue weighted by atomic mass is 10.2. The van der Waals surface area contributed by atoms with Crippen LogP contribution >= 0.6 is 12.4 Å². The zero-order valence-corrected chi connectivity index (χ0v) is 10.5. The van der Waals surface area contributed by atoms with E-state index >= 15 is 0 Å². The maximum absolute atomic E-state index is 12.1. The molecule has 1 heterocycles. The van der Waals surface area contributed by atoms with Gasteiger partial charge in [0, 0.05) is 12.7 Å². The SMILES string of the molecule is Cl.Oc1cccc(CNc2cnn(CCF)c2)c1. The van der Waals surface area contributed by atoms with Crippen LogP contribution in [0.5, 0.6) is 5.75 Å². The van der Waals surface area contributed by atoms with Crippen LogP contribution in [-0.4, -0.2) is 21.6 Å². The average molecular weight is 272 g/mol. The Morgan fingerprint density at radius 2 is 2.22 bits per heavy atom. The number of aromatic hydroxyl groups is 1. The fraction of sp³-hybridized carbons (Fsp3) is 0.250. The van der Waals surface area contributed by atoms with Gasteiger partial charge in [-0.15, -0.1) is 12.4 Å². The van der Waals surface area contributed by atoms with Gasteiger partial charge in [-0.2, -0.15) is 5.10 Å². The van der Waals surface area contributed by atoms with E-state index < -0.39 is 6.67 Å². The van der Waals surface area contributed by atoms with Crippen molar-refractivity contribution >= 4 is 18.1 Å². The third-order valence-corrected chi connectivity index (χ3v) is 2.35. The standard InChI is InChI=1S/C12H14FN3O.ClH/c13-4-5-16-9-11(8-15-16)14-7-10-2-1-3-12(17)6-10;/h1-3,6,8-9,14,17H,4-5,7H2;1H. The Balaban J connectivity index is 0.00000162. The third-order valence-electron chi connectivity index (χ3n) is 2.35. The van der Waals surface area contributed by atoms with Crippen molar-refractivity contribution in [2.24, 2.45) is 0 Å². The molecule has 0 aliphatic carbocycles. The minimum atomic E-state index is -0.423. The Hall–Kier alpha value is -1.75. The molecule has 2 rings (SSSR count). The number of hydrogen-bond acceptors (Lipinski definition) is 3. The zero-order valence-electron chi connectivity index (χ0n) is 9.71. The quantitative estimate of drug-likeness (QED) is 0.879. The van der Waals surface area contributed by atoms with Crippen molar-refractivity contribution in [3.8, 4) is 5.75 Å². The highest BCUT2D eigenvalue weighted by Gasteiger charge is 1.99. The molecule has 98 valence electrons. The van der Waals surface area contributed by atoms with Crippen LogP contribution in [0.4, 0.5) is 10.1 Å². The van der Waals surface area contributed by atoms with Crippen LogP contribution in [0.1, 0.15) is 5.56 Å². The maximum Gasteiger partial charge on any atom is 0.115 e. The number of alkyl halides is 1. The van der Waals surface area contributed by atoms with Crippen LogP contribution in [0.15, 0.2) is 36.7 Å². The van der Waals surface area contributed by atoms with Gasteiger partial charge in [0.25, 0.3) is 0 Å². The summed E-state index contributed by atoms with van der Waals surface area (Å²) in [6.45, 7) is 0.442. The van der Waals surface area contributed by atoms with E-state index in [1.54, 1.807) is 35.3 Å². The van der Waals surface area contributed by atoms with Gasteiger partial charge in [-0.05, 0) is 17.7 Å².